The lowest BCUT2D eigenvalue weighted by Gasteiger charge is -2.30. The first-order valence-corrected chi connectivity index (χ1v) is 12.1. The summed E-state index contributed by atoms with van der Waals surface area (Å²) in [7, 11) is 4.63. The quantitative estimate of drug-likeness (QED) is 0.108. The van der Waals surface area contributed by atoms with E-state index in [2.05, 4.69) is 27.6 Å². The third-order valence-electron chi connectivity index (χ3n) is 5.69. The highest BCUT2D eigenvalue weighted by Gasteiger charge is 2.13. The van der Waals surface area contributed by atoms with Gasteiger partial charge in [-0.15, -0.1) is 0 Å². The van der Waals surface area contributed by atoms with Crippen molar-refractivity contribution in [2.45, 2.75) is 110 Å². The Morgan fingerprint density at radius 3 is 1.52 bits per heavy atom. The van der Waals surface area contributed by atoms with Gasteiger partial charge in [0.25, 0.3) is 0 Å². The molecule has 0 atom stereocenters. The third kappa shape index (κ3) is 23.8. The molecule has 0 aliphatic carbocycles. The van der Waals surface area contributed by atoms with Gasteiger partial charge < -0.3 is 26.2 Å². The van der Waals surface area contributed by atoms with Crippen LogP contribution in [0.5, 0.6) is 0 Å². The fraction of sp³-hybridized carbons (Fsp3) is 0.880. The van der Waals surface area contributed by atoms with E-state index < -0.39 is 0 Å². The molecule has 0 N–H and O–H groups in total. The monoisotopic (exact) mass is 475 g/mol. The molecule has 174 valence electrons. The van der Waals surface area contributed by atoms with Crippen molar-refractivity contribution in [3.05, 3.63) is 12.7 Å². The minimum atomic E-state index is -0.309. The van der Waals surface area contributed by atoms with Crippen molar-refractivity contribution in [3.63, 3.8) is 0 Å². The number of carbonyl (C=O) groups excluding carboxylic acids is 1. The van der Waals surface area contributed by atoms with Gasteiger partial charge in [-0.1, -0.05) is 90.6 Å². The van der Waals surface area contributed by atoms with Gasteiger partial charge in [-0.25, -0.2) is 4.79 Å². The molecule has 0 aromatic carbocycles. The number of hydrogen-bond donors (Lipinski definition) is 0. The summed E-state index contributed by atoms with van der Waals surface area (Å²) in [5.74, 6) is -0.309. The van der Waals surface area contributed by atoms with Gasteiger partial charge in [-0.2, -0.15) is 0 Å². The highest BCUT2D eigenvalue weighted by molar-refractivity contribution is 5.81. The molecule has 0 spiro atoms. The van der Waals surface area contributed by atoms with E-state index in [0.29, 0.717) is 6.61 Å². The van der Waals surface area contributed by atoms with Crippen LogP contribution in [-0.4, -0.2) is 44.2 Å². The van der Waals surface area contributed by atoms with E-state index in [4.69, 9.17) is 4.74 Å². The van der Waals surface area contributed by atoms with Gasteiger partial charge in [-0.05, 0) is 25.7 Å². The smallest absolute Gasteiger partial charge is 0.330 e. The minimum Gasteiger partial charge on any atom is -1.00 e. The average molecular weight is 477 g/mol. The first-order chi connectivity index (χ1) is 13.5. The highest BCUT2D eigenvalue weighted by atomic mass is 79.9. The summed E-state index contributed by atoms with van der Waals surface area (Å²) in [4.78, 5) is 11.0. The van der Waals surface area contributed by atoms with Crippen LogP contribution < -0.4 is 17.0 Å². The van der Waals surface area contributed by atoms with Gasteiger partial charge in [0.1, 0.15) is 0 Å². The van der Waals surface area contributed by atoms with Crippen LogP contribution in [0.25, 0.3) is 0 Å². The Balaban J connectivity index is 0. The Morgan fingerprint density at radius 2 is 1.10 bits per heavy atom. The molecular formula is C25H50BrNO2. The number of unbranched alkanes of at least 4 members (excludes halogenated alkanes) is 14. The Hall–Kier alpha value is -0.350. The van der Waals surface area contributed by atoms with Crippen molar-refractivity contribution in [3.8, 4) is 0 Å². The number of hydrogen-bond acceptors (Lipinski definition) is 2. The highest BCUT2D eigenvalue weighted by Crippen LogP contribution is 2.13. The van der Waals surface area contributed by atoms with Crippen LogP contribution >= 0.6 is 0 Å². The van der Waals surface area contributed by atoms with E-state index in [1.165, 1.54) is 103 Å². The summed E-state index contributed by atoms with van der Waals surface area (Å²) in [6, 6.07) is 0. The maximum Gasteiger partial charge on any atom is 0.330 e. The summed E-state index contributed by atoms with van der Waals surface area (Å²) in [5.41, 5.74) is 0. The Bertz CT molecular complexity index is 372. The first-order valence-electron chi connectivity index (χ1n) is 12.1. The zero-order chi connectivity index (χ0) is 20.9. The van der Waals surface area contributed by atoms with E-state index in [1.54, 1.807) is 0 Å². The summed E-state index contributed by atoms with van der Waals surface area (Å²) >= 11 is 0. The zero-order valence-electron chi connectivity index (χ0n) is 19.9. The van der Waals surface area contributed by atoms with Crippen LogP contribution in [0.3, 0.4) is 0 Å². The number of quaternary nitrogens is 1. The van der Waals surface area contributed by atoms with Crippen LogP contribution in [0.15, 0.2) is 12.7 Å². The maximum absolute atomic E-state index is 11.0. The summed E-state index contributed by atoms with van der Waals surface area (Å²) in [6.45, 7) is 8.62. The molecule has 0 heterocycles. The molecule has 0 aliphatic rings. The van der Waals surface area contributed by atoms with Crippen LogP contribution in [0.1, 0.15) is 110 Å². The fourth-order valence-electron chi connectivity index (χ4n) is 3.72. The van der Waals surface area contributed by atoms with Crippen LogP contribution in [0.4, 0.5) is 0 Å². The lowest BCUT2D eigenvalue weighted by molar-refractivity contribution is -0.890. The molecule has 0 saturated carbocycles. The van der Waals surface area contributed by atoms with Gasteiger partial charge in [0, 0.05) is 6.08 Å². The molecule has 3 nitrogen and oxygen atoms in total. The fourth-order valence-corrected chi connectivity index (χ4v) is 3.72. The summed E-state index contributed by atoms with van der Waals surface area (Å²) < 4.78 is 6.11. The van der Waals surface area contributed by atoms with E-state index >= 15 is 0 Å². The van der Waals surface area contributed by atoms with Crippen LogP contribution in [0.2, 0.25) is 0 Å². The van der Waals surface area contributed by atoms with Gasteiger partial charge >= 0.3 is 5.97 Å². The second-order valence-corrected chi connectivity index (χ2v) is 9.06. The maximum atomic E-state index is 11.0. The topological polar surface area (TPSA) is 26.3 Å². The zero-order valence-corrected chi connectivity index (χ0v) is 21.4. The molecule has 0 bridgehead atoms. The van der Waals surface area contributed by atoms with Crippen LogP contribution in [0, 0.1) is 0 Å². The molecule has 0 amide bonds. The van der Waals surface area contributed by atoms with Crippen molar-refractivity contribution in [1.29, 1.82) is 0 Å². The average Bonchev–Trinajstić information content (AvgIpc) is 2.67. The lowest BCUT2D eigenvalue weighted by Crippen LogP contribution is -3.00. The van der Waals surface area contributed by atoms with Gasteiger partial charge in [0.15, 0.2) is 0 Å². The van der Waals surface area contributed by atoms with Gasteiger partial charge in [0.2, 0.25) is 0 Å². The number of carbonyl (C=O) groups is 1. The minimum absolute atomic E-state index is 0. The molecule has 0 aliphatic heterocycles. The number of halogens is 1. The SMILES string of the molecule is C=CC(=O)OCCCC[N+](C)(C)CCCCCCCCCCCCCCCC.[Br-]. The molecule has 0 fully saturated rings. The first kappa shape index (κ1) is 30.8. The molecular weight excluding hydrogens is 426 g/mol. The molecule has 0 aromatic heterocycles. The molecule has 0 rings (SSSR count). The third-order valence-corrected chi connectivity index (χ3v) is 5.69. The van der Waals surface area contributed by atoms with E-state index in [-0.39, 0.29) is 23.0 Å². The van der Waals surface area contributed by atoms with Crippen molar-refractivity contribution in [2.75, 3.05) is 33.8 Å². The second kappa shape index (κ2) is 22.3. The molecule has 4 heteroatoms. The summed E-state index contributed by atoms with van der Waals surface area (Å²) in [5, 5.41) is 0. The summed E-state index contributed by atoms with van der Waals surface area (Å²) in [6.07, 6.45) is 23.1. The number of rotatable bonds is 21. The molecule has 29 heavy (non-hydrogen) atoms. The standard InChI is InChI=1S/C25H50NO2.BrH/c1-5-7-8-9-10-11-12-13-14-15-16-17-18-19-22-26(3,4)23-20-21-24-28-25(27)6-2;/h6H,2,5,7-24H2,1,3-4H3;1H/q+1;/p-1. The number of esters is 1. The predicted molar refractivity (Wildman–Crippen MR) is 123 cm³/mol. The normalized spacial score (nSPS) is 11.1. The molecule has 0 aromatic rings. The van der Waals surface area contributed by atoms with E-state index in [1.807, 2.05) is 0 Å². The second-order valence-electron chi connectivity index (χ2n) is 9.06. The van der Waals surface area contributed by atoms with Crippen molar-refractivity contribution >= 4 is 5.97 Å². The molecule has 0 radical (unpaired) electrons. The van der Waals surface area contributed by atoms with E-state index in [9.17, 15) is 4.79 Å². The molecule has 0 saturated heterocycles. The van der Waals surface area contributed by atoms with Gasteiger partial charge in [-0.3, -0.25) is 0 Å². The van der Waals surface area contributed by atoms with E-state index in [0.717, 1.165) is 23.9 Å². The van der Waals surface area contributed by atoms with Crippen molar-refractivity contribution < 1.29 is 31.0 Å². The van der Waals surface area contributed by atoms with Gasteiger partial charge in [0.05, 0.1) is 33.8 Å². The van der Waals surface area contributed by atoms with Crippen molar-refractivity contribution in [1.82, 2.24) is 0 Å². The Morgan fingerprint density at radius 1 is 0.724 bits per heavy atom. The lowest BCUT2D eigenvalue weighted by atomic mass is 10.0. The number of ether oxygens (including phenoxy) is 1. The largest absolute Gasteiger partial charge is 1.00 e. The Labute approximate surface area is 193 Å². The van der Waals surface area contributed by atoms with Crippen LogP contribution in [-0.2, 0) is 9.53 Å². The van der Waals surface area contributed by atoms with Crippen molar-refractivity contribution in [2.24, 2.45) is 0 Å². The number of nitrogens with zero attached hydrogens (tertiary/aromatic N) is 1. The molecule has 0 unspecified atom stereocenters. The predicted octanol–water partition coefficient (Wildman–Crippen LogP) is 4.06. The Kier molecular flexibility index (Phi) is 23.8.